The van der Waals surface area contributed by atoms with Crippen molar-refractivity contribution >= 4 is 11.8 Å². The van der Waals surface area contributed by atoms with Crippen molar-refractivity contribution in [2.45, 2.75) is 11.4 Å². The molecule has 17 heavy (non-hydrogen) atoms. The van der Waals surface area contributed by atoms with Crippen molar-refractivity contribution < 1.29 is 4.48 Å². The number of hydrogen-bond donors (Lipinski definition) is 0. The Balaban J connectivity index is 1.72. The third-order valence-corrected chi connectivity index (χ3v) is 5.09. The van der Waals surface area contributed by atoms with E-state index in [4.69, 9.17) is 0 Å². The van der Waals surface area contributed by atoms with Crippen molar-refractivity contribution in [1.29, 1.82) is 0 Å². The Morgan fingerprint density at radius 2 is 1.65 bits per heavy atom. The molecule has 3 saturated heterocycles. The lowest BCUT2D eigenvalue weighted by Gasteiger charge is -2.50. The van der Waals surface area contributed by atoms with E-state index in [1.54, 1.807) is 0 Å². The Kier molecular flexibility index (Phi) is 3.16. The van der Waals surface area contributed by atoms with Gasteiger partial charge >= 0.3 is 0 Å². The van der Waals surface area contributed by atoms with Gasteiger partial charge in [0.25, 0.3) is 0 Å². The van der Waals surface area contributed by atoms with Crippen LogP contribution in [0.25, 0.3) is 0 Å². The largest absolute Gasteiger partial charge is 0.317 e. The molecule has 0 amide bonds. The number of rotatable bonds is 3. The van der Waals surface area contributed by atoms with Gasteiger partial charge in [-0.25, -0.2) is 0 Å². The maximum Gasteiger partial charge on any atom is 0.104 e. The van der Waals surface area contributed by atoms with Crippen LogP contribution in [0.3, 0.4) is 0 Å². The standard InChI is InChI=1S/C14H21N2S/c1-17-14-4-2-13(3-5-14)12-16-9-6-15(7-10-16)8-11-16/h2-5H,6-12H2,1H3/q+1. The van der Waals surface area contributed by atoms with Gasteiger partial charge in [0, 0.05) is 30.1 Å². The summed E-state index contributed by atoms with van der Waals surface area (Å²) in [7, 11) is 0. The third kappa shape index (κ3) is 2.37. The van der Waals surface area contributed by atoms with E-state index in [2.05, 4.69) is 35.4 Å². The van der Waals surface area contributed by atoms with Crippen molar-refractivity contribution in [1.82, 2.24) is 4.90 Å². The Bertz CT molecular complexity index is 366. The maximum absolute atomic E-state index is 2.61. The molecule has 1 aromatic rings. The zero-order valence-corrected chi connectivity index (χ0v) is 11.4. The van der Waals surface area contributed by atoms with E-state index >= 15 is 0 Å². The molecule has 0 N–H and O–H groups in total. The van der Waals surface area contributed by atoms with Gasteiger partial charge in [-0.05, 0) is 18.4 Å². The lowest BCUT2D eigenvalue weighted by Crippen LogP contribution is -2.66. The molecule has 0 aliphatic carbocycles. The monoisotopic (exact) mass is 249 g/mol. The highest BCUT2D eigenvalue weighted by Gasteiger charge is 2.38. The molecule has 3 heterocycles. The fraction of sp³-hybridized carbons (Fsp3) is 0.571. The molecule has 0 atom stereocenters. The van der Waals surface area contributed by atoms with Crippen molar-refractivity contribution in [3.8, 4) is 0 Å². The molecule has 2 nitrogen and oxygen atoms in total. The van der Waals surface area contributed by atoms with Gasteiger partial charge in [-0.3, -0.25) is 4.90 Å². The van der Waals surface area contributed by atoms with Crippen LogP contribution in [-0.2, 0) is 6.54 Å². The Morgan fingerprint density at radius 3 is 2.18 bits per heavy atom. The molecule has 2 bridgehead atoms. The van der Waals surface area contributed by atoms with Crippen LogP contribution in [0, 0.1) is 0 Å². The molecule has 0 spiro atoms. The fourth-order valence-corrected chi connectivity index (χ4v) is 3.50. The Morgan fingerprint density at radius 1 is 1.06 bits per heavy atom. The molecule has 3 heteroatoms. The predicted octanol–water partition coefficient (Wildman–Crippen LogP) is 2.05. The van der Waals surface area contributed by atoms with Crippen LogP contribution in [-0.4, -0.2) is 54.9 Å². The van der Waals surface area contributed by atoms with Gasteiger partial charge in [-0.15, -0.1) is 11.8 Å². The van der Waals surface area contributed by atoms with Crippen LogP contribution in [0.2, 0.25) is 0 Å². The fourth-order valence-electron chi connectivity index (χ4n) is 3.09. The van der Waals surface area contributed by atoms with Crippen LogP contribution >= 0.6 is 11.8 Å². The molecule has 0 aromatic heterocycles. The van der Waals surface area contributed by atoms with Crippen molar-refractivity contribution in [3.05, 3.63) is 29.8 Å². The van der Waals surface area contributed by atoms with Gasteiger partial charge in [0.15, 0.2) is 0 Å². The summed E-state index contributed by atoms with van der Waals surface area (Å²) < 4.78 is 1.33. The van der Waals surface area contributed by atoms with E-state index in [0.717, 1.165) is 0 Å². The van der Waals surface area contributed by atoms with Crippen molar-refractivity contribution in [2.24, 2.45) is 0 Å². The van der Waals surface area contributed by atoms with Gasteiger partial charge in [0.2, 0.25) is 0 Å². The summed E-state index contributed by atoms with van der Waals surface area (Å²) in [6.45, 7) is 9.22. The summed E-state index contributed by atoms with van der Waals surface area (Å²) in [6, 6.07) is 9.16. The highest BCUT2D eigenvalue weighted by Crippen LogP contribution is 2.24. The molecular formula is C14H21N2S+. The summed E-state index contributed by atoms with van der Waals surface area (Å²) in [6.07, 6.45) is 2.14. The summed E-state index contributed by atoms with van der Waals surface area (Å²) >= 11 is 1.82. The van der Waals surface area contributed by atoms with Crippen LogP contribution < -0.4 is 0 Å². The van der Waals surface area contributed by atoms with Gasteiger partial charge in [-0.1, -0.05) is 12.1 Å². The predicted molar refractivity (Wildman–Crippen MR) is 73.2 cm³/mol. The van der Waals surface area contributed by atoms with E-state index in [9.17, 15) is 0 Å². The smallest absolute Gasteiger partial charge is 0.104 e. The molecule has 0 saturated carbocycles. The highest BCUT2D eigenvalue weighted by atomic mass is 32.2. The van der Waals surface area contributed by atoms with Crippen LogP contribution in [0.5, 0.6) is 0 Å². The third-order valence-electron chi connectivity index (χ3n) is 4.35. The molecule has 92 valence electrons. The average Bonchev–Trinajstić information content (AvgIpc) is 2.41. The number of nitrogens with zero attached hydrogens (tertiary/aromatic N) is 2. The van der Waals surface area contributed by atoms with E-state index in [0.29, 0.717) is 0 Å². The van der Waals surface area contributed by atoms with Crippen molar-refractivity contribution in [2.75, 3.05) is 45.5 Å². The van der Waals surface area contributed by atoms with Gasteiger partial charge in [0.1, 0.15) is 6.54 Å². The second kappa shape index (κ2) is 4.63. The lowest BCUT2D eigenvalue weighted by atomic mass is 10.1. The summed E-state index contributed by atoms with van der Waals surface area (Å²) in [5.74, 6) is 0. The molecule has 1 aromatic carbocycles. The Hall–Kier alpha value is -0.510. The average molecular weight is 249 g/mol. The Labute approximate surface area is 108 Å². The first-order valence-electron chi connectivity index (χ1n) is 6.50. The van der Waals surface area contributed by atoms with Crippen LogP contribution in [0.4, 0.5) is 0 Å². The molecule has 0 radical (unpaired) electrons. The van der Waals surface area contributed by atoms with E-state index in [1.165, 1.54) is 60.8 Å². The molecule has 4 rings (SSSR count). The van der Waals surface area contributed by atoms with Crippen molar-refractivity contribution in [3.63, 3.8) is 0 Å². The number of piperazine rings is 3. The maximum atomic E-state index is 2.61. The topological polar surface area (TPSA) is 3.24 Å². The molecule has 3 aliphatic heterocycles. The molecule has 3 aliphatic rings. The number of quaternary nitrogens is 1. The summed E-state index contributed by atoms with van der Waals surface area (Å²) in [4.78, 5) is 3.98. The first-order valence-corrected chi connectivity index (χ1v) is 7.73. The normalized spacial score (nSPS) is 31.7. The SMILES string of the molecule is CSc1ccc(C[N+]23CCN(CC2)CC3)cc1. The van der Waals surface area contributed by atoms with Crippen LogP contribution in [0.1, 0.15) is 5.56 Å². The minimum atomic E-state index is 1.24. The van der Waals surface area contributed by atoms with E-state index < -0.39 is 0 Å². The zero-order chi connectivity index (χ0) is 11.7. The number of benzene rings is 1. The van der Waals surface area contributed by atoms with Gasteiger partial charge in [0.05, 0.1) is 19.6 Å². The summed E-state index contributed by atoms with van der Waals surface area (Å²) in [5, 5.41) is 0. The number of fused-ring (bicyclic) bond motifs is 3. The first kappa shape index (κ1) is 11.6. The van der Waals surface area contributed by atoms with Gasteiger partial charge < -0.3 is 4.48 Å². The summed E-state index contributed by atoms with van der Waals surface area (Å²) in [5.41, 5.74) is 1.51. The van der Waals surface area contributed by atoms with Gasteiger partial charge in [-0.2, -0.15) is 0 Å². The molecular weight excluding hydrogens is 228 g/mol. The number of thioether (sulfide) groups is 1. The van der Waals surface area contributed by atoms with E-state index in [-0.39, 0.29) is 0 Å². The number of hydrogen-bond acceptors (Lipinski definition) is 2. The first-order chi connectivity index (χ1) is 8.30. The minimum absolute atomic E-state index is 1.24. The highest BCUT2D eigenvalue weighted by molar-refractivity contribution is 7.98. The minimum Gasteiger partial charge on any atom is -0.317 e. The molecule has 0 unspecified atom stereocenters. The second-order valence-corrected chi connectivity index (χ2v) is 6.24. The van der Waals surface area contributed by atoms with Crippen LogP contribution in [0.15, 0.2) is 29.2 Å². The zero-order valence-electron chi connectivity index (χ0n) is 10.6. The lowest BCUT2D eigenvalue weighted by molar-refractivity contribution is -0.953. The quantitative estimate of drug-likeness (QED) is 0.596. The molecule has 3 fully saturated rings. The second-order valence-electron chi connectivity index (χ2n) is 5.36. The van der Waals surface area contributed by atoms with E-state index in [1.807, 2.05) is 11.8 Å².